The topological polar surface area (TPSA) is 82.5 Å². The monoisotopic (exact) mass is 228 g/mol. The fraction of sp³-hybridized carbons (Fsp3) is 0.222. The molecule has 0 aliphatic rings. The Morgan fingerprint density at radius 3 is 2.60 bits per heavy atom. The van der Waals surface area contributed by atoms with E-state index in [0.29, 0.717) is 12.1 Å². The van der Waals surface area contributed by atoms with E-state index in [0.717, 1.165) is 0 Å². The van der Waals surface area contributed by atoms with Gasteiger partial charge in [0.2, 0.25) is 0 Å². The summed E-state index contributed by atoms with van der Waals surface area (Å²) in [7, 11) is -4.21. The van der Waals surface area contributed by atoms with Crippen LogP contribution in [-0.2, 0) is 4.57 Å². The van der Waals surface area contributed by atoms with Crippen LogP contribution in [0.25, 0.3) is 0 Å². The van der Waals surface area contributed by atoms with Gasteiger partial charge in [0.15, 0.2) is 0 Å². The molecule has 0 saturated heterocycles. The summed E-state index contributed by atoms with van der Waals surface area (Å²) in [5.41, 5.74) is 0.514. The molecule has 0 aromatic carbocycles. The van der Waals surface area contributed by atoms with Crippen molar-refractivity contribution in [3.63, 3.8) is 0 Å². The zero-order chi connectivity index (χ0) is 11.3. The second kappa shape index (κ2) is 5.19. The Hall–Kier alpha value is -1.00. The molecular weight excluding hydrogens is 215 g/mol. The van der Waals surface area contributed by atoms with E-state index in [2.05, 4.69) is 16.9 Å². The van der Waals surface area contributed by atoms with Crippen molar-refractivity contribution in [1.82, 2.24) is 10.3 Å². The van der Waals surface area contributed by atoms with Crippen LogP contribution in [0, 0.1) is 0 Å². The number of nitrogens with zero attached hydrogens (tertiary/aromatic N) is 1. The molecule has 0 aliphatic carbocycles. The van der Waals surface area contributed by atoms with E-state index < -0.39 is 13.4 Å². The zero-order valence-corrected chi connectivity index (χ0v) is 8.97. The van der Waals surface area contributed by atoms with Crippen molar-refractivity contribution in [2.45, 2.75) is 5.78 Å². The lowest BCUT2D eigenvalue weighted by Gasteiger charge is -2.19. The summed E-state index contributed by atoms with van der Waals surface area (Å²) in [6, 6.07) is 3.14. The van der Waals surface area contributed by atoms with Crippen LogP contribution >= 0.6 is 7.60 Å². The summed E-state index contributed by atoms with van der Waals surface area (Å²) in [6.45, 7) is 3.81. The summed E-state index contributed by atoms with van der Waals surface area (Å²) in [4.78, 5) is 22.1. The van der Waals surface area contributed by atoms with Gasteiger partial charge in [-0.1, -0.05) is 6.08 Å². The summed E-state index contributed by atoms with van der Waals surface area (Å²) >= 11 is 0. The third-order valence-corrected chi connectivity index (χ3v) is 2.97. The Morgan fingerprint density at radius 1 is 1.53 bits per heavy atom. The van der Waals surface area contributed by atoms with E-state index in [1.54, 1.807) is 18.2 Å². The summed E-state index contributed by atoms with van der Waals surface area (Å²) < 4.78 is 11.2. The highest BCUT2D eigenvalue weighted by Gasteiger charge is 2.29. The smallest absolute Gasteiger partial charge is 0.323 e. The maximum atomic E-state index is 11.2. The minimum absolute atomic E-state index is 0.331. The van der Waals surface area contributed by atoms with Gasteiger partial charge < -0.3 is 9.79 Å². The van der Waals surface area contributed by atoms with Gasteiger partial charge in [-0.15, -0.1) is 6.58 Å². The molecule has 0 amide bonds. The molecular formula is C9H13N2O3P. The lowest BCUT2D eigenvalue weighted by molar-refractivity contribution is 0.350. The highest BCUT2D eigenvalue weighted by Crippen LogP contribution is 2.49. The molecule has 5 nitrogen and oxygen atoms in total. The molecule has 1 heterocycles. The molecule has 1 atom stereocenters. The molecule has 82 valence electrons. The fourth-order valence-corrected chi connectivity index (χ4v) is 2.08. The number of hydrogen-bond acceptors (Lipinski definition) is 3. The third kappa shape index (κ3) is 3.57. The standard InChI is InChI=1S/C9H13N2O3P/c1-2-5-11-9(15(12,13)14)8-3-6-10-7-4-8/h2-4,6-7,9,11H,1,5H2,(H2,12,13,14). The van der Waals surface area contributed by atoms with Gasteiger partial charge in [-0.3, -0.25) is 14.9 Å². The normalized spacial score (nSPS) is 13.5. The SMILES string of the molecule is C=CCNC(c1ccncc1)P(=O)(O)O. The van der Waals surface area contributed by atoms with Crippen molar-refractivity contribution in [3.8, 4) is 0 Å². The van der Waals surface area contributed by atoms with Gasteiger partial charge in [-0.25, -0.2) is 0 Å². The molecule has 0 saturated carbocycles. The summed E-state index contributed by atoms with van der Waals surface area (Å²) in [5.74, 6) is -1.00. The highest BCUT2D eigenvalue weighted by atomic mass is 31.2. The van der Waals surface area contributed by atoms with Crippen LogP contribution < -0.4 is 5.32 Å². The fourth-order valence-electron chi connectivity index (χ4n) is 1.17. The van der Waals surface area contributed by atoms with E-state index >= 15 is 0 Å². The number of nitrogens with one attached hydrogen (secondary N) is 1. The summed E-state index contributed by atoms with van der Waals surface area (Å²) in [5, 5.41) is 2.72. The van der Waals surface area contributed by atoms with Crippen LogP contribution in [0.3, 0.4) is 0 Å². The molecule has 15 heavy (non-hydrogen) atoms. The summed E-state index contributed by atoms with van der Waals surface area (Å²) in [6.07, 6.45) is 4.53. The first-order valence-electron chi connectivity index (χ1n) is 4.35. The molecule has 1 aromatic heterocycles. The molecule has 1 aromatic rings. The molecule has 6 heteroatoms. The van der Waals surface area contributed by atoms with Crippen LogP contribution in [0.15, 0.2) is 37.2 Å². The van der Waals surface area contributed by atoms with Crippen LogP contribution in [0.5, 0.6) is 0 Å². The lowest BCUT2D eigenvalue weighted by Crippen LogP contribution is -2.21. The van der Waals surface area contributed by atoms with Crippen LogP contribution in [-0.4, -0.2) is 21.3 Å². The van der Waals surface area contributed by atoms with Crippen molar-refractivity contribution in [2.24, 2.45) is 0 Å². The average molecular weight is 228 g/mol. The Balaban J connectivity index is 2.91. The zero-order valence-electron chi connectivity index (χ0n) is 8.08. The molecule has 0 fully saturated rings. The Morgan fingerprint density at radius 2 is 2.13 bits per heavy atom. The Kier molecular flexibility index (Phi) is 4.17. The van der Waals surface area contributed by atoms with Crippen molar-refractivity contribution in [1.29, 1.82) is 0 Å². The quantitative estimate of drug-likeness (QED) is 0.518. The maximum Gasteiger partial charge on any atom is 0.346 e. The number of pyridine rings is 1. The first kappa shape index (κ1) is 12.1. The van der Waals surface area contributed by atoms with Gasteiger partial charge in [0, 0.05) is 18.9 Å². The van der Waals surface area contributed by atoms with Crippen molar-refractivity contribution in [3.05, 3.63) is 42.7 Å². The maximum absolute atomic E-state index is 11.2. The number of hydrogen-bond donors (Lipinski definition) is 3. The van der Waals surface area contributed by atoms with E-state index in [9.17, 15) is 4.57 Å². The predicted octanol–water partition coefficient (Wildman–Crippen LogP) is 1.03. The minimum Gasteiger partial charge on any atom is -0.323 e. The minimum atomic E-state index is -4.21. The van der Waals surface area contributed by atoms with Crippen molar-refractivity contribution < 1.29 is 14.4 Å². The van der Waals surface area contributed by atoms with Crippen molar-refractivity contribution in [2.75, 3.05) is 6.54 Å². The van der Waals surface area contributed by atoms with Crippen LogP contribution in [0.1, 0.15) is 11.3 Å². The Bertz CT molecular complexity index is 363. The molecule has 1 unspecified atom stereocenters. The lowest BCUT2D eigenvalue weighted by atomic mass is 10.2. The molecule has 0 aliphatic heterocycles. The molecule has 0 spiro atoms. The largest absolute Gasteiger partial charge is 0.346 e. The second-order valence-corrected chi connectivity index (χ2v) is 4.66. The van der Waals surface area contributed by atoms with Gasteiger partial charge >= 0.3 is 7.60 Å². The predicted molar refractivity (Wildman–Crippen MR) is 57.2 cm³/mol. The molecule has 0 bridgehead atoms. The van der Waals surface area contributed by atoms with Gasteiger partial charge in [0.05, 0.1) is 0 Å². The van der Waals surface area contributed by atoms with E-state index in [-0.39, 0.29) is 0 Å². The first-order chi connectivity index (χ1) is 7.05. The third-order valence-electron chi connectivity index (χ3n) is 1.81. The molecule has 1 rings (SSSR count). The first-order valence-corrected chi connectivity index (χ1v) is 6.03. The van der Waals surface area contributed by atoms with Gasteiger partial charge in [0.1, 0.15) is 5.78 Å². The van der Waals surface area contributed by atoms with Crippen LogP contribution in [0.2, 0.25) is 0 Å². The molecule has 3 N–H and O–H groups in total. The van der Waals surface area contributed by atoms with Gasteiger partial charge in [-0.05, 0) is 17.7 Å². The number of aromatic nitrogens is 1. The number of rotatable bonds is 5. The molecule has 0 radical (unpaired) electrons. The van der Waals surface area contributed by atoms with Gasteiger partial charge in [0.25, 0.3) is 0 Å². The van der Waals surface area contributed by atoms with Gasteiger partial charge in [-0.2, -0.15) is 0 Å². The van der Waals surface area contributed by atoms with Crippen molar-refractivity contribution >= 4 is 7.60 Å². The van der Waals surface area contributed by atoms with E-state index in [1.165, 1.54) is 12.4 Å². The second-order valence-electron chi connectivity index (χ2n) is 2.97. The average Bonchev–Trinajstić information content (AvgIpc) is 2.18. The van der Waals surface area contributed by atoms with E-state index in [4.69, 9.17) is 9.79 Å². The van der Waals surface area contributed by atoms with E-state index in [1.807, 2.05) is 0 Å². The Labute approximate surface area is 88.0 Å². The highest BCUT2D eigenvalue weighted by molar-refractivity contribution is 7.52. The van der Waals surface area contributed by atoms with Crippen LogP contribution in [0.4, 0.5) is 0 Å².